The zero-order valence-electron chi connectivity index (χ0n) is 20.1. The molecule has 0 unspecified atom stereocenters. The summed E-state index contributed by atoms with van der Waals surface area (Å²) in [4.78, 5) is 0. The SMILES string of the molecule is CCCCCCCCCCCC[PH](Cc1ccccc1)(c1ccccc1)c1ccccc1. The second kappa shape index (κ2) is 14.3. The molecule has 0 N–H and O–H groups in total. The van der Waals surface area contributed by atoms with Crippen LogP contribution in [0.25, 0.3) is 0 Å². The van der Waals surface area contributed by atoms with E-state index < -0.39 is 7.26 Å². The molecule has 0 amide bonds. The van der Waals surface area contributed by atoms with Gasteiger partial charge in [-0.05, 0) is 0 Å². The molecule has 0 bridgehead atoms. The van der Waals surface area contributed by atoms with Gasteiger partial charge in [0.15, 0.2) is 0 Å². The van der Waals surface area contributed by atoms with E-state index >= 15 is 0 Å². The third-order valence-electron chi connectivity index (χ3n) is 6.96. The van der Waals surface area contributed by atoms with Gasteiger partial charge in [0, 0.05) is 0 Å². The van der Waals surface area contributed by atoms with E-state index in [1.807, 2.05) is 0 Å². The molecule has 0 radical (unpaired) electrons. The molecular weight excluding hydrogens is 403 g/mol. The van der Waals surface area contributed by atoms with Gasteiger partial charge in [-0.3, -0.25) is 0 Å². The average Bonchev–Trinajstić information content (AvgIpc) is 2.86. The number of rotatable bonds is 15. The van der Waals surface area contributed by atoms with Gasteiger partial charge >= 0.3 is 198 Å². The van der Waals surface area contributed by atoms with Crippen molar-refractivity contribution in [2.45, 2.75) is 77.3 Å². The minimum absolute atomic E-state index is 1.19. The van der Waals surface area contributed by atoms with Crippen LogP contribution in [0.1, 0.15) is 76.7 Å². The number of hydrogen-bond acceptors (Lipinski definition) is 0. The number of hydrogen-bond donors (Lipinski definition) is 0. The Kier molecular flexibility index (Phi) is 11.0. The molecule has 1 heteroatoms. The molecule has 0 saturated carbocycles. The number of unbranched alkanes of at least 4 members (excludes halogenated alkanes) is 9. The Hall–Kier alpha value is -1.91. The van der Waals surface area contributed by atoms with Crippen molar-refractivity contribution in [2.24, 2.45) is 0 Å². The average molecular weight is 447 g/mol. The summed E-state index contributed by atoms with van der Waals surface area (Å²) in [7, 11) is -1.88. The van der Waals surface area contributed by atoms with Crippen LogP contribution in [0.15, 0.2) is 91.0 Å². The van der Waals surface area contributed by atoms with E-state index in [4.69, 9.17) is 0 Å². The first-order chi connectivity index (χ1) is 15.8. The fourth-order valence-corrected chi connectivity index (χ4v) is 10.1. The minimum atomic E-state index is -1.88. The van der Waals surface area contributed by atoms with Crippen LogP contribution < -0.4 is 10.6 Å². The molecule has 0 aliphatic carbocycles. The van der Waals surface area contributed by atoms with Gasteiger partial charge in [-0.1, -0.05) is 0 Å². The maximum absolute atomic E-state index is 2.40. The van der Waals surface area contributed by atoms with E-state index in [2.05, 4.69) is 97.9 Å². The topological polar surface area (TPSA) is 0 Å². The summed E-state index contributed by atoms with van der Waals surface area (Å²) < 4.78 is 0. The first-order valence-corrected chi connectivity index (χ1v) is 15.4. The summed E-state index contributed by atoms with van der Waals surface area (Å²) in [6, 6.07) is 34.1. The van der Waals surface area contributed by atoms with Crippen LogP contribution in [0.5, 0.6) is 0 Å². The normalized spacial score (nSPS) is 12.0. The van der Waals surface area contributed by atoms with E-state index in [1.165, 1.54) is 82.1 Å². The molecule has 172 valence electrons. The Balaban J connectivity index is 1.68. The molecule has 0 aliphatic rings. The summed E-state index contributed by atoms with van der Waals surface area (Å²) in [6.45, 7) is 2.30. The zero-order chi connectivity index (χ0) is 22.3. The molecule has 3 aromatic carbocycles. The van der Waals surface area contributed by atoms with Crippen molar-refractivity contribution in [3.63, 3.8) is 0 Å². The second-order valence-electron chi connectivity index (χ2n) is 9.41. The Morgan fingerprint density at radius 3 is 1.34 bits per heavy atom. The van der Waals surface area contributed by atoms with Crippen LogP contribution in [0.3, 0.4) is 0 Å². The molecule has 0 nitrogen and oxygen atoms in total. The monoisotopic (exact) mass is 446 g/mol. The molecular formula is C31H43P. The molecule has 32 heavy (non-hydrogen) atoms. The van der Waals surface area contributed by atoms with Crippen molar-refractivity contribution in [1.29, 1.82) is 0 Å². The van der Waals surface area contributed by atoms with E-state index in [-0.39, 0.29) is 0 Å². The summed E-state index contributed by atoms with van der Waals surface area (Å²) >= 11 is 0. The van der Waals surface area contributed by atoms with Crippen LogP contribution in [-0.2, 0) is 6.16 Å². The molecule has 3 aromatic rings. The zero-order valence-corrected chi connectivity index (χ0v) is 21.1. The van der Waals surface area contributed by atoms with Gasteiger partial charge in [-0.15, -0.1) is 0 Å². The van der Waals surface area contributed by atoms with Crippen molar-refractivity contribution < 1.29 is 0 Å². The second-order valence-corrected chi connectivity index (χ2v) is 13.6. The standard InChI is InChI=1S/C31H43P/c1-2-3-4-5-6-7-8-9-10-20-27-32(30-23-16-12-17-24-30,31-25-18-13-19-26-31)28-29-21-14-11-15-22-29/h11-19,21-26,32H,2-10,20,27-28H2,1H3. The molecule has 0 saturated heterocycles. The maximum atomic E-state index is 2.40. The van der Waals surface area contributed by atoms with Gasteiger partial charge in [-0.25, -0.2) is 0 Å². The summed E-state index contributed by atoms with van der Waals surface area (Å²) in [6.07, 6.45) is 16.5. The van der Waals surface area contributed by atoms with Gasteiger partial charge in [0.2, 0.25) is 0 Å². The van der Waals surface area contributed by atoms with E-state index in [0.29, 0.717) is 0 Å². The van der Waals surface area contributed by atoms with Crippen molar-refractivity contribution in [3.05, 3.63) is 96.6 Å². The summed E-state index contributed by atoms with van der Waals surface area (Å²) in [5.74, 6) is 0. The molecule has 0 spiro atoms. The van der Waals surface area contributed by atoms with Crippen molar-refractivity contribution in [1.82, 2.24) is 0 Å². The third kappa shape index (κ3) is 7.60. The van der Waals surface area contributed by atoms with Crippen LogP contribution in [-0.4, -0.2) is 6.16 Å². The first-order valence-electron chi connectivity index (χ1n) is 13.0. The van der Waals surface area contributed by atoms with Crippen molar-refractivity contribution >= 4 is 17.9 Å². The van der Waals surface area contributed by atoms with Crippen LogP contribution in [0.4, 0.5) is 0 Å². The Morgan fingerprint density at radius 2 is 0.875 bits per heavy atom. The molecule has 3 rings (SSSR count). The molecule has 0 atom stereocenters. The Bertz CT molecular complexity index is 802. The quantitative estimate of drug-likeness (QED) is 0.162. The molecule has 0 heterocycles. The van der Waals surface area contributed by atoms with E-state index in [9.17, 15) is 0 Å². The molecule has 0 fully saturated rings. The van der Waals surface area contributed by atoms with Gasteiger partial charge in [-0.2, -0.15) is 0 Å². The third-order valence-corrected chi connectivity index (χ3v) is 12.1. The number of benzene rings is 3. The summed E-state index contributed by atoms with van der Waals surface area (Å²) in [5, 5.41) is 3.18. The van der Waals surface area contributed by atoms with Gasteiger partial charge in [0.05, 0.1) is 0 Å². The fourth-order valence-electron chi connectivity index (χ4n) is 5.12. The predicted octanol–water partition coefficient (Wildman–Crippen LogP) is 8.51. The fraction of sp³-hybridized carbons (Fsp3) is 0.419. The summed E-state index contributed by atoms with van der Waals surface area (Å²) in [5.41, 5.74) is 1.49. The van der Waals surface area contributed by atoms with Gasteiger partial charge in [0.1, 0.15) is 0 Å². The Morgan fingerprint density at radius 1 is 0.469 bits per heavy atom. The van der Waals surface area contributed by atoms with Crippen molar-refractivity contribution in [2.75, 3.05) is 6.16 Å². The predicted molar refractivity (Wildman–Crippen MR) is 147 cm³/mol. The van der Waals surface area contributed by atoms with Crippen LogP contribution in [0.2, 0.25) is 0 Å². The molecule has 0 aromatic heterocycles. The van der Waals surface area contributed by atoms with Crippen LogP contribution >= 0.6 is 7.26 Å². The van der Waals surface area contributed by atoms with E-state index in [0.717, 1.165) is 0 Å². The molecule has 0 aliphatic heterocycles. The Labute approximate surface area is 197 Å². The van der Waals surface area contributed by atoms with E-state index in [1.54, 1.807) is 10.6 Å². The van der Waals surface area contributed by atoms with Crippen LogP contribution in [0, 0.1) is 0 Å². The van der Waals surface area contributed by atoms with Gasteiger partial charge in [0.25, 0.3) is 0 Å². The van der Waals surface area contributed by atoms with Gasteiger partial charge < -0.3 is 0 Å². The first kappa shape index (κ1) is 24.7. The van der Waals surface area contributed by atoms with Crippen molar-refractivity contribution in [3.8, 4) is 0 Å².